The summed E-state index contributed by atoms with van der Waals surface area (Å²) in [5.41, 5.74) is 2.39. The van der Waals surface area contributed by atoms with Gasteiger partial charge < -0.3 is 10.2 Å². The molecule has 1 fully saturated rings. The number of hydrogen-bond acceptors (Lipinski definition) is 3. The van der Waals surface area contributed by atoms with Gasteiger partial charge in [-0.05, 0) is 50.8 Å². The molecule has 1 aromatic carbocycles. The van der Waals surface area contributed by atoms with Crippen LogP contribution in [0.2, 0.25) is 0 Å². The molecule has 2 rings (SSSR count). The third-order valence-electron chi connectivity index (χ3n) is 3.71. The van der Waals surface area contributed by atoms with Crippen LogP contribution in [-0.2, 0) is 4.79 Å². The maximum atomic E-state index is 12.4. The lowest BCUT2D eigenvalue weighted by Crippen LogP contribution is -2.44. The van der Waals surface area contributed by atoms with Crippen molar-refractivity contribution in [3.63, 3.8) is 0 Å². The second-order valence-corrected chi connectivity index (χ2v) is 5.41. The number of amides is 1. The van der Waals surface area contributed by atoms with Gasteiger partial charge in [0.15, 0.2) is 0 Å². The minimum absolute atomic E-state index is 0.120. The summed E-state index contributed by atoms with van der Waals surface area (Å²) in [4.78, 5) is 14.3. The van der Waals surface area contributed by atoms with Gasteiger partial charge in [-0.25, -0.2) is 0 Å². The minimum atomic E-state index is -0.304. The van der Waals surface area contributed by atoms with Crippen molar-refractivity contribution in [2.75, 3.05) is 18.4 Å². The largest absolute Gasteiger partial charge is 0.373 e. The highest BCUT2D eigenvalue weighted by molar-refractivity contribution is 5.85. The first-order valence-corrected chi connectivity index (χ1v) is 7.18. The van der Waals surface area contributed by atoms with E-state index in [-0.39, 0.29) is 11.9 Å². The Labute approximate surface area is 120 Å². The van der Waals surface area contributed by atoms with Crippen LogP contribution in [0.1, 0.15) is 37.3 Å². The van der Waals surface area contributed by atoms with E-state index in [2.05, 4.69) is 11.4 Å². The Morgan fingerprint density at radius 1 is 1.35 bits per heavy atom. The minimum Gasteiger partial charge on any atom is -0.373 e. The quantitative estimate of drug-likeness (QED) is 0.919. The van der Waals surface area contributed by atoms with Gasteiger partial charge in [0.1, 0.15) is 12.1 Å². The van der Waals surface area contributed by atoms with E-state index in [0.717, 1.165) is 37.2 Å². The molecule has 1 amide bonds. The van der Waals surface area contributed by atoms with Crippen LogP contribution in [0.5, 0.6) is 0 Å². The molecule has 0 saturated carbocycles. The zero-order valence-corrected chi connectivity index (χ0v) is 12.1. The van der Waals surface area contributed by atoms with Crippen molar-refractivity contribution < 1.29 is 4.79 Å². The number of likely N-dealkylation sites (tertiary alicyclic amines) is 1. The number of piperidine rings is 1. The van der Waals surface area contributed by atoms with Crippen molar-refractivity contribution in [2.45, 2.75) is 39.2 Å². The van der Waals surface area contributed by atoms with Gasteiger partial charge in [-0.1, -0.05) is 6.07 Å². The number of rotatable bonds is 3. The zero-order valence-electron chi connectivity index (χ0n) is 12.1. The Bertz CT molecular complexity index is 527. The topological polar surface area (TPSA) is 56.1 Å². The van der Waals surface area contributed by atoms with Gasteiger partial charge in [-0.3, -0.25) is 4.79 Å². The highest BCUT2D eigenvalue weighted by atomic mass is 16.2. The van der Waals surface area contributed by atoms with E-state index in [1.807, 2.05) is 30.9 Å². The van der Waals surface area contributed by atoms with Crippen molar-refractivity contribution >= 4 is 11.6 Å². The second kappa shape index (κ2) is 6.42. The molecule has 106 valence electrons. The SMILES string of the molecule is Cc1ccc(C#N)c(NC(C)C(=O)N2CCCCC2)c1. The lowest BCUT2D eigenvalue weighted by molar-refractivity contribution is -0.132. The summed E-state index contributed by atoms with van der Waals surface area (Å²) in [6.45, 7) is 5.54. The molecule has 1 saturated heterocycles. The van der Waals surface area contributed by atoms with Gasteiger partial charge in [0, 0.05) is 13.1 Å². The number of nitriles is 1. The molecule has 4 nitrogen and oxygen atoms in total. The summed E-state index contributed by atoms with van der Waals surface area (Å²) in [6.07, 6.45) is 3.39. The predicted molar refractivity (Wildman–Crippen MR) is 79.4 cm³/mol. The number of aryl methyl sites for hydroxylation is 1. The fraction of sp³-hybridized carbons (Fsp3) is 0.500. The monoisotopic (exact) mass is 271 g/mol. The average molecular weight is 271 g/mol. The molecule has 1 atom stereocenters. The Balaban J connectivity index is 2.07. The summed E-state index contributed by atoms with van der Waals surface area (Å²) in [5.74, 6) is 0.120. The van der Waals surface area contributed by atoms with Gasteiger partial charge in [0.05, 0.1) is 11.3 Å². The van der Waals surface area contributed by atoms with Gasteiger partial charge >= 0.3 is 0 Å². The van der Waals surface area contributed by atoms with Gasteiger partial charge in [0.2, 0.25) is 5.91 Å². The van der Waals surface area contributed by atoms with Crippen molar-refractivity contribution in [1.82, 2.24) is 4.90 Å². The van der Waals surface area contributed by atoms with Crippen molar-refractivity contribution in [2.24, 2.45) is 0 Å². The van der Waals surface area contributed by atoms with Crippen molar-refractivity contribution in [3.8, 4) is 6.07 Å². The zero-order chi connectivity index (χ0) is 14.5. The number of benzene rings is 1. The third-order valence-corrected chi connectivity index (χ3v) is 3.71. The van der Waals surface area contributed by atoms with Crippen molar-refractivity contribution in [3.05, 3.63) is 29.3 Å². The van der Waals surface area contributed by atoms with E-state index in [1.54, 1.807) is 6.07 Å². The van der Waals surface area contributed by atoms with E-state index in [4.69, 9.17) is 5.26 Å². The number of hydrogen-bond donors (Lipinski definition) is 1. The summed E-state index contributed by atoms with van der Waals surface area (Å²) < 4.78 is 0. The fourth-order valence-corrected chi connectivity index (χ4v) is 2.56. The van der Waals surface area contributed by atoms with Crippen LogP contribution in [0.4, 0.5) is 5.69 Å². The third kappa shape index (κ3) is 3.30. The molecular weight excluding hydrogens is 250 g/mol. The van der Waals surface area contributed by atoms with Crippen LogP contribution in [0.25, 0.3) is 0 Å². The summed E-state index contributed by atoms with van der Waals surface area (Å²) in [5, 5.41) is 12.3. The molecule has 1 N–H and O–H groups in total. The predicted octanol–water partition coefficient (Wildman–Crippen LogP) is 2.68. The number of nitrogens with zero attached hydrogens (tertiary/aromatic N) is 2. The summed E-state index contributed by atoms with van der Waals surface area (Å²) in [6, 6.07) is 7.46. The molecule has 0 aliphatic carbocycles. The Kier molecular flexibility index (Phi) is 4.62. The van der Waals surface area contributed by atoms with Gasteiger partial charge in [0.25, 0.3) is 0 Å². The Hall–Kier alpha value is -2.02. The Morgan fingerprint density at radius 2 is 2.05 bits per heavy atom. The molecule has 1 aliphatic rings. The van der Waals surface area contributed by atoms with Crippen molar-refractivity contribution in [1.29, 1.82) is 5.26 Å². The van der Waals surface area contributed by atoms with Crippen LogP contribution in [0, 0.1) is 18.3 Å². The van der Waals surface area contributed by atoms with Gasteiger partial charge in [-0.2, -0.15) is 5.26 Å². The molecule has 1 aliphatic heterocycles. The summed E-state index contributed by atoms with van der Waals surface area (Å²) >= 11 is 0. The molecule has 0 bridgehead atoms. The molecule has 4 heteroatoms. The number of carbonyl (C=O) groups excluding carboxylic acids is 1. The average Bonchev–Trinajstić information content (AvgIpc) is 2.47. The number of carbonyl (C=O) groups is 1. The van der Waals surface area contributed by atoms with Crippen LogP contribution < -0.4 is 5.32 Å². The molecule has 1 aromatic rings. The van der Waals surface area contributed by atoms with Crippen LogP contribution in [-0.4, -0.2) is 29.9 Å². The molecule has 0 aromatic heterocycles. The highest BCUT2D eigenvalue weighted by Crippen LogP contribution is 2.19. The van der Waals surface area contributed by atoms with Crippen LogP contribution in [0.15, 0.2) is 18.2 Å². The fourth-order valence-electron chi connectivity index (χ4n) is 2.56. The lowest BCUT2D eigenvalue weighted by Gasteiger charge is -2.30. The molecule has 0 spiro atoms. The molecule has 1 heterocycles. The first-order chi connectivity index (χ1) is 9.61. The summed E-state index contributed by atoms with van der Waals surface area (Å²) in [7, 11) is 0. The molecule has 20 heavy (non-hydrogen) atoms. The number of anilines is 1. The second-order valence-electron chi connectivity index (χ2n) is 5.41. The maximum absolute atomic E-state index is 12.4. The lowest BCUT2D eigenvalue weighted by atomic mass is 10.1. The van der Waals surface area contributed by atoms with E-state index in [1.165, 1.54) is 6.42 Å². The standard InChI is InChI=1S/C16H21N3O/c1-12-6-7-14(11-17)15(10-12)18-13(2)16(20)19-8-4-3-5-9-19/h6-7,10,13,18H,3-5,8-9H2,1-2H3. The van der Waals surface area contributed by atoms with E-state index in [0.29, 0.717) is 5.56 Å². The maximum Gasteiger partial charge on any atom is 0.244 e. The smallest absolute Gasteiger partial charge is 0.244 e. The molecule has 0 radical (unpaired) electrons. The highest BCUT2D eigenvalue weighted by Gasteiger charge is 2.22. The van der Waals surface area contributed by atoms with E-state index >= 15 is 0 Å². The Morgan fingerprint density at radius 3 is 2.70 bits per heavy atom. The molecular formula is C16H21N3O. The first kappa shape index (κ1) is 14.4. The van der Waals surface area contributed by atoms with Crippen LogP contribution in [0.3, 0.4) is 0 Å². The van der Waals surface area contributed by atoms with Crippen LogP contribution >= 0.6 is 0 Å². The van der Waals surface area contributed by atoms with E-state index in [9.17, 15) is 4.79 Å². The van der Waals surface area contributed by atoms with Gasteiger partial charge in [-0.15, -0.1) is 0 Å². The molecule has 1 unspecified atom stereocenters. The van der Waals surface area contributed by atoms with E-state index < -0.39 is 0 Å². The normalized spacial score (nSPS) is 16.4. The number of nitrogens with one attached hydrogen (secondary N) is 1. The first-order valence-electron chi connectivity index (χ1n) is 7.18.